The summed E-state index contributed by atoms with van der Waals surface area (Å²) in [6.07, 6.45) is 2.39. The molecule has 1 saturated heterocycles. The van der Waals surface area contributed by atoms with Crippen LogP contribution >= 0.6 is 0 Å². The second-order valence-electron chi connectivity index (χ2n) is 4.74. The molecule has 0 bridgehead atoms. The van der Waals surface area contributed by atoms with Crippen molar-refractivity contribution in [2.24, 2.45) is 5.92 Å². The minimum Gasteiger partial charge on any atom is -0.465 e. The lowest BCUT2D eigenvalue weighted by atomic mass is 9.98. The summed E-state index contributed by atoms with van der Waals surface area (Å²) in [5.41, 5.74) is 6.37. The zero-order valence-electron chi connectivity index (χ0n) is 11.2. The van der Waals surface area contributed by atoms with Gasteiger partial charge in [-0.2, -0.15) is 0 Å². The van der Waals surface area contributed by atoms with Gasteiger partial charge in [-0.05, 0) is 18.4 Å². The molecule has 2 atom stereocenters. The van der Waals surface area contributed by atoms with E-state index in [1.165, 1.54) is 13.3 Å². The fourth-order valence-corrected chi connectivity index (χ4v) is 2.12. The van der Waals surface area contributed by atoms with Crippen molar-refractivity contribution in [3.63, 3.8) is 0 Å². The van der Waals surface area contributed by atoms with Crippen LogP contribution in [0, 0.1) is 5.92 Å². The van der Waals surface area contributed by atoms with Gasteiger partial charge in [0, 0.05) is 12.6 Å². The minimum absolute atomic E-state index is 0.287. The van der Waals surface area contributed by atoms with E-state index in [-0.39, 0.29) is 6.04 Å². The zero-order valence-corrected chi connectivity index (χ0v) is 11.2. The Bertz CT molecular complexity index is 464. The molecular formula is C13H19N3O3. The summed E-state index contributed by atoms with van der Waals surface area (Å²) in [6.45, 7) is 3.59. The number of nitrogens with one attached hydrogen (secondary N) is 1. The number of carbonyl (C=O) groups is 1. The van der Waals surface area contributed by atoms with E-state index in [0.717, 1.165) is 19.6 Å². The van der Waals surface area contributed by atoms with Gasteiger partial charge in [0.05, 0.1) is 31.2 Å². The molecule has 1 aromatic heterocycles. The molecule has 2 heterocycles. The molecule has 104 valence electrons. The van der Waals surface area contributed by atoms with Crippen molar-refractivity contribution >= 4 is 17.5 Å². The summed E-state index contributed by atoms with van der Waals surface area (Å²) in [4.78, 5) is 15.8. The van der Waals surface area contributed by atoms with Gasteiger partial charge in [-0.3, -0.25) is 0 Å². The molecule has 0 spiro atoms. The van der Waals surface area contributed by atoms with Crippen LogP contribution in [0.25, 0.3) is 0 Å². The van der Waals surface area contributed by atoms with E-state index in [1.807, 2.05) is 0 Å². The Hall–Kier alpha value is -1.82. The maximum atomic E-state index is 11.6. The highest BCUT2D eigenvalue weighted by molar-refractivity contribution is 5.95. The first-order valence-corrected chi connectivity index (χ1v) is 6.30. The maximum Gasteiger partial charge on any atom is 0.340 e. The van der Waals surface area contributed by atoms with Crippen LogP contribution in [0.5, 0.6) is 0 Å². The third-order valence-electron chi connectivity index (χ3n) is 3.31. The standard InChI is InChI=1S/C13H19N3O3/c1-8-7-19-4-3-11(8)16-12-5-9(13(17)18-2)10(14)6-15-12/h5-6,8,11H,3-4,7,14H2,1-2H3,(H,15,16). The first-order valence-electron chi connectivity index (χ1n) is 6.30. The van der Waals surface area contributed by atoms with Gasteiger partial charge in [0.15, 0.2) is 0 Å². The van der Waals surface area contributed by atoms with E-state index in [9.17, 15) is 4.79 Å². The molecular weight excluding hydrogens is 246 g/mol. The normalized spacial score (nSPS) is 22.8. The summed E-state index contributed by atoms with van der Waals surface area (Å²) < 4.78 is 10.1. The molecule has 0 amide bonds. The molecule has 6 heteroatoms. The molecule has 1 fully saturated rings. The number of ether oxygens (including phenoxy) is 2. The monoisotopic (exact) mass is 265 g/mol. The Morgan fingerprint density at radius 2 is 2.42 bits per heavy atom. The number of nitrogens with two attached hydrogens (primary N) is 1. The van der Waals surface area contributed by atoms with Crippen molar-refractivity contribution in [2.45, 2.75) is 19.4 Å². The number of anilines is 2. The van der Waals surface area contributed by atoms with E-state index in [0.29, 0.717) is 23.0 Å². The molecule has 1 aromatic rings. The van der Waals surface area contributed by atoms with Crippen molar-refractivity contribution in [2.75, 3.05) is 31.4 Å². The van der Waals surface area contributed by atoms with E-state index < -0.39 is 5.97 Å². The van der Waals surface area contributed by atoms with E-state index in [2.05, 4.69) is 22.0 Å². The number of esters is 1. The van der Waals surface area contributed by atoms with Gasteiger partial charge in [0.1, 0.15) is 5.82 Å². The van der Waals surface area contributed by atoms with Crippen LogP contribution < -0.4 is 11.1 Å². The predicted octanol–water partition coefficient (Wildman–Crippen LogP) is 1.29. The Labute approximate surface area is 112 Å². The molecule has 0 saturated carbocycles. The average molecular weight is 265 g/mol. The largest absolute Gasteiger partial charge is 0.465 e. The van der Waals surface area contributed by atoms with Crippen molar-refractivity contribution in [3.05, 3.63) is 17.8 Å². The molecule has 6 nitrogen and oxygen atoms in total. The predicted molar refractivity (Wildman–Crippen MR) is 72.0 cm³/mol. The number of nitrogen functional groups attached to an aromatic ring is 1. The van der Waals surface area contributed by atoms with Crippen LogP contribution in [0.15, 0.2) is 12.3 Å². The summed E-state index contributed by atoms with van der Waals surface area (Å²) >= 11 is 0. The van der Waals surface area contributed by atoms with Crippen LogP contribution in [0.4, 0.5) is 11.5 Å². The SMILES string of the molecule is COC(=O)c1cc(NC2CCOCC2C)ncc1N. The summed E-state index contributed by atoms with van der Waals surface area (Å²) in [5, 5.41) is 3.32. The van der Waals surface area contributed by atoms with Crippen LogP contribution in [0.2, 0.25) is 0 Å². The third kappa shape index (κ3) is 3.14. The Balaban J connectivity index is 2.14. The van der Waals surface area contributed by atoms with Crippen molar-refractivity contribution in [1.82, 2.24) is 4.98 Å². The summed E-state index contributed by atoms with van der Waals surface area (Å²) in [6, 6.07) is 1.92. The van der Waals surface area contributed by atoms with Gasteiger partial charge in [0.25, 0.3) is 0 Å². The highest BCUT2D eigenvalue weighted by atomic mass is 16.5. The molecule has 2 unspecified atom stereocenters. The van der Waals surface area contributed by atoms with Crippen LogP contribution in [0.1, 0.15) is 23.7 Å². The van der Waals surface area contributed by atoms with E-state index >= 15 is 0 Å². The topological polar surface area (TPSA) is 86.5 Å². The fraction of sp³-hybridized carbons (Fsp3) is 0.538. The molecule has 0 aromatic carbocycles. The number of methoxy groups -OCH3 is 1. The van der Waals surface area contributed by atoms with E-state index in [1.54, 1.807) is 6.07 Å². The third-order valence-corrected chi connectivity index (χ3v) is 3.31. The second kappa shape index (κ2) is 5.88. The summed E-state index contributed by atoms with van der Waals surface area (Å²) in [7, 11) is 1.33. The van der Waals surface area contributed by atoms with Crippen molar-refractivity contribution in [3.8, 4) is 0 Å². The molecule has 0 radical (unpaired) electrons. The lowest BCUT2D eigenvalue weighted by Gasteiger charge is -2.30. The van der Waals surface area contributed by atoms with Crippen LogP contribution in [0.3, 0.4) is 0 Å². The van der Waals surface area contributed by atoms with Crippen molar-refractivity contribution in [1.29, 1.82) is 0 Å². The number of rotatable bonds is 3. The van der Waals surface area contributed by atoms with Gasteiger partial charge < -0.3 is 20.5 Å². The van der Waals surface area contributed by atoms with Gasteiger partial charge in [-0.15, -0.1) is 0 Å². The highest BCUT2D eigenvalue weighted by Gasteiger charge is 2.22. The Morgan fingerprint density at radius 3 is 3.11 bits per heavy atom. The molecule has 1 aliphatic heterocycles. The number of pyridine rings is 1. The Morgan fingerprint density at radius 1 is 1.63 bits per heavy atom. The quantitative estimate of drug-likeness (QED) is 0.801. The minimum atomic E-state index is -0.456. The van der Waals surface area contributed by atoms with Crippen LogP contribution in [-0.2, 0) is 9.47 Å². The second-order valence-corrected chi connectivity index (χ2v) is 4.74. The molecule has 1 aliphatic rings. The zero-order chi connectivity index (χ0) is 13.8. The number of aromatic nitrogens is 1. The highest BCUT2D eigenvalue weighted by Crippen LogP contribution is 2.21. The van der Waals surface area contributed by atoms with E-state index in [4.69, 9.17) is 10.5 Å². The molecule has 2 rings (SSSR count). The number of hydrogen-bond donors (Lipinski definition) is 2. The first kappa shape index (κ1) is 13.6. The number of carbonyl (C=O) groups excluding carboxylic acids is 1. The van der Waals surface area contributed by atoms with Gasteiger partial charge in [-0.1, -0.05) is 6.92 Å². The number of nitrogens with zero attached hydrogens (tertiary/aromatic N) is 1. The molecule has 3 N–H and O–H groups in total. The molecule has 0 aliphatic carbocycles. The Kier molecular flexibility index (Phi) is 4.21. The number of hydrogen-bond acceptors (Lipinski definition) is 6. The van der Waals surface area contributed by atoms with Gasteiger partial charge >= 0.3 is 5.97 Å². The van der Waals surface area contributed by atoms with Crippen molar-refractivity contribution < 1.29 is 14.3 Å². The van der Waals surface area contributed by atoms with Gasteiger partial charge in [0.2, 0.25) is 0 Å². The van der Waals surface area contributed by atoms with Crippen LogP contribution in [-0.4, -0.2) is 37.3 Å². The lowest BCUT2D eigenvalue weighted by molar-refractivity contribution is 0.0536. The average Bonchev–Trinajstić information content (AvgIpc) is 2.42. The smallest absolute Gasteiger partial charge is 0.340 e. The molecule has 19 heavy (non-hydrogen) atoms. The summed E-state index contributed by atoms with van der Waals surface area (Å²) in [5.74, 6) is 0.575. The fourth-order valence-electron chi connectivity index (χ4n) is 2.12. The lowest BCUT2D eigenvalue weighted by Crippen LogP contribution is -2.36. The maximum absolute atomic E-state index is 11.6. The van der Waals surface area contributed by atoms with Gasteiger partial charge in [-0.25, -0.2) is 9.78 Å². The first-order chi connectivity index (χ1) is 9.11.